The maximum atomic E-state index is 5.78. The topological polar surface area (TPSA) is 73.1 Å². The number of ether oxygens (including phenoxy) is 1. The second-order valence-corrected chi connectivity index (χ2v) is 4.42. The summed E-state index contributed by atoms with van der Waals surface area (Å²) in [7, 11) is 0. The van der Waals surface area contributed by atoms with Crippen LogP contribution in [0.25, 0.3) is 0 Å². The van der Waals surface area contributed by atoms with E-state index in [0.717, 1.165) is 11.3 Å². The van der Waals surface area contributed by atoms with Crippen LogP contribution in [0.3, 0.4) is 0 Å². The van der Waals surface area contributed by atoms with E-state index in [-0.39, 0.29) is 6.10 Å². The number of pyridine rings is 2. The minimum atomic E-state index is 0.0945. The summed E-state index contributed by atoms with van der Waals surface area (Å²) < 4.78 is 5.67. The predicted octanol–water partition coefficient (Wildman–Crippen LogP) is 2.46. The summed E-state index contributed by atoms with van der Waals surface area (Å²) in [5, 5.41) is 3.24. The van der Waals surface area contributed by atoms with Gasteiger partial charge in [0.15, 0.2) is 0 Å². The Labute approximate surface area is 112 Å². The zero-order chi connectivity index (χ0) is 13.7. The van der Waals surface area contributed by atoms with Crippen LogP contribution in [0.15, 0.2) is 36.7 Å². The summed E-state index contributed by atoms with van der Waals surface area (Å²) in [4.78, 5) is 8.28. The standard InChI is InChI=1S/C14H18N4O/c1-10(2)19-14-11(5-3-8-17-14)9-18-12-6-4-7-16-13(12)15/h3-8,10,18H,9H2,1-2H3,(H2,15,16). The summed E-state index contributed by atoms with van der Waals surface area (Å²) >= 11 is 0. The van der Waals surface area contributed by atoms with Crippen LogP contribution in [-0.4, -0.2) is 16.1 Å². The first kappa shape index (κ1) is 13.1. The normalized spacial score (nSPS) is 10.5. The van der Waals surface area contributed by atoms with E-state index in [1.54, 1.807) is 12.4 Å². The Kier molecular flexibility index (Phi) is 4.18. The highest BCUT2D eigenvalue weighted by molar-refractivity contribution is 5.61. The Morgan fingerprint density at radius 2 is 1.95 bits per heavy atom. The van der Waals surface area contributed by atoms with Crippen molar-refractivity contribution in [2.75, 3.05) is 11.1 Å². The van der Waals surface area contributed by atoms with Crippen molar-refractivity contribution >= 4 is 11.5 Å². The highest BCUT2D eigenvalue weighted by Crippen LogP contribution is 2.19. The smallest absolute Gasteiger partial charge is 0.218 e. The fourth-order valence-corrected chi connectivity index (χ4v) is 1.65. The highest BCUT2D eigenvalue weighted by atomic mass is 16.5. The molecule has 100 valence electrons. The Bertz CT molecular complexity index is 542. The van der Waals surface area contributed by atoms with Crippen molar-refractivity contribution in [2.45, 2.75) is 26.5 Å². The van der Waals surface area contributed by atoms with Crippen molar-refractivity contribution in [1.82, 2.24) is 9.97 Å². The summed E-state index contributed by atoms with van der Waals surface area (Å²) in [5.41, 5.74) is 7.58. The van der Waals surface area contributed by atoms with E-state index >= 15 is 0 Å². The molecule has 0 aliphatic rings. The van der Waals surface area contributed by atoms with Crippen molar-refractivity contribution < 1.29 is 4.74 Å². The second kappa shape index (κ2) is 6.04. The van der Waals surface area contributed by atoms with Gasteiger partial charge in [0.2, 0.25) is 5.88 Å². The van der Waals surface area contributed by atoms with E-state index in [1.165, 1.54) is 0 Å². The van der Waals surface area contributed by atoms with E-state index < -0.39 is 0 Å². The van der Waals surface area contributed by atoms with Gasteiger partial charge in [0.1, 0.15) is 5.82 Å². The van der Waals surface area contributed by atoms with Crippen LogP contribution >= 0.6 is 0 Å². The van der Waals surface area contributed by atoms with Gasteiger partial charge >= 0.3 is 0 Å². The fourth-order valence-electron chi connectivity index (χ4n) is 1.65. The lowest BCUT2D eigenvalue weighted by molar-refractivity contribution is 0.230. The molecule has 2 heterocycles. The molecule has 2 aromatic heterocycles. The third-order valence-electron chi connectivity index (χ3n) is 2.51. The van der Waals surface area contributed by atoms with Crippen molar-refractivity contribution in [3.05, 3.63) is 42.2 Å². The van der Waals surface area contributed by atoms with Gasteiger partial charge in [-0.2, -0.15) is 0 Å². The summed E-state index contributed by atoms with van der Waals surface area (Å²) in [5.74, 6) is 1.13. The molecule has 3 N–H and O–H groups in total. The molecule has 0 aliphatic carbocycles. The average Bonchev–Trinajstić information content (AvgIpc) is 2.39. The highest BCUT2D eigenvalue weighted by Gasteiger charge is 2.07. The third-order valence-corrected chi connectivity index (χ3v) is 2.51. The number of aromatic nitrogens is 2. The number of hydrogen-bond donors (Lipinski definition) is 2. The molecule has 5 heteroatoms. The quantitative estimate of drug-likeness (QED) is 0.861. The molecule has 2 rings (SSSR count). The van der Waals surface area contributed by atoms with E-state index in [2.05, 4.69) is 15.3 Å². The molecule has 0 atom stereocenters. The molecule has 0 fully saturated rings. The molecule has 0 amide bonds. The monoisotopic (exact) mass is 258 g/mol. The van der Waals surface area contributed by atoms with Gasteiger partial charge in [-0.25, -0.2) is 9.97 Å². The van der Waals surface area contributed by atoms with Crippen LogP contribution in [0.4, 0.5) is 11.5 Å². The number of anilines is 2. The van der Waals surface area contributed by atoms with Crippen molar-refractivity contribution in [2.24, 2.45) is 0 Å². The molecule has 0 bridgehead atoms. The Morgan fingerprint density at radius 3 is 2.68 bits per heavy atom. The summed E-state index contributed by atoms with van der Waals surface area (Å²) in [6.45, 7) is 4.54. The van der Waals surface area contributed by atoms with Gasteiger partial charge in [0, 0.05) is 24.5 Å². The van der Waals surface area contributed by atoms with E-state index in [1.807, 2.05) is 38.1 Å². The van der Waals surface area contributed by atoms with Gasteiger partial charge in [-0.15, -0.1) is 0 Å². The summed E-state index contributed by atoms with van der Waals surface area (Å²) in [6.07, 6.45) is 3.48. The molecular weight excluding hydrogens is 240 g/mol. The Morgan fingerprint density at radius 1 is 1.21 bits per heavy atom. The lowest BCUT2D eigenvalue weighted by Crippen LogP contribution is -2.11. The second-order valence-electron chi connectivity index (χ2n) is 4.42. The van der Waals surface area contributed by atoms with Crippen LogP contribution in [0.5, 0.6) is 5.88 Å². The van der Waals surface area contributed by atoms with Gasteiger partial charge in [0.25, 0.3) is 0 Å². The molecule has 0 aromatic carbocycles. The lowest BCUT2D eigenvalue weighted by Gasteiger charge is -2.14. The zero-order valence-corrected chi connectivity index (χ0v) is 11.1. The molecule has 0 aliphatic heterocycles. The SMILES string of the molecule is CC(C)Oc1ncccc1CNc1cccnc1N. The Hall–Kier alpha value is -2.30. The van der Waals surface area contributed by atoms with Crippen LogP contribution in [-0.2, 0) is 6.54 Å². The van der Waals surface area contributed by atoms with Crippen molar-refractivity contribution in [1.29, 1.82) is 0 Å². The summed E-state index contributed by atoms with van der Waals surface area (Å²) in [6, 6.07) is 7.59. The third kappa shape index (κ3) is 3.58. The number of nitrogens with zero attached hydrogens (tertiary/aromatic N) is 2. The van der Waals surface area contributed by atoms with Gasteiger partial charge < -0.3 is 15.8 Å². The molecular formula is C14H18N4O. The molecule has 0 unspecified atom stereocenters. The molecule has 0 saturated carbocycles. The molecule has 2 aromatic rings. The van der Waals surface area contributed by atoms with Gasteiger partial charge in [-0.05, 0) is 32.0 Å². The maximum Gasteiger partial charge on any atom is 0.218 e. The van der Waals surface area contributed by atoms with Gasteiger partial charge in [-0.3, -0.25) is 0 Å². The molecule has 0 saturated heterocycles. The van der Waals surface area contributed by atoms with Crippen molar-refractivity contribution in [3.63, 3.8) is 0 Å². The number of rotatable bonds is 5. The minimum Gasteiger partial charge on any atom is -0.475 e. The Balaban J connectivity index is 2.09. The van der Waals surface area contributed by atoms with E-state index in [0.29, 0.717) is 18.2 Å². The van der Waals surface area contributed by atoms with Crippen LogP contribution in [0.2, 0.25) is 0 Å². The molecule has 19 heavy (non-hydrogen) atoms. The number of hydrogen-bond acceptors (Lipinski definition) is 5. The maximum absolute atomic E-state index is 5.78. The number of nitrogens with one attached hydrogen (secondary N) is 1. The number of nitrogen functional groups attached to an aromatic ring is 1. The van der Waals surface area contributed by atoms with E-state index in [4.69, 9.17) is 10.5 Å². The first-order valence-corrected chi connectivity index (χ1v) is 6.21. The molecule has 0 radical (unpaired) electrons. The molecule has 5 nitrogen and oxygen atoms in total. The first-order chi connectivity index (χ1) is 9.16. The largest absolute Gasteiger partial charge is 0.475 e. The van der Waals surface area contributed by atoms with Gasteiger partial charge in [0.05, 0.1) is 11.8 Å². The van der Waals surface area contributed by atoms with Crippen LogP contribution in [0, 0.1) is 0 Å². The first-order valence-electron chi connectivity index (χ1n) is 6.21. The predicted molar refractivity (Wildman–Crippen MR) is 76.0 cm³/mol. The molecule has 0 spiro atoms. The fraction of sp³-hybridized carbons (Fsp3) is 0.286. The van der Waals surface area contributed by atoms with E-state index in [9.17, 15) is 0 Å². The van der Waals surface area contributed by atoms with Crippen molar-refractivity contribution in [3.8, 4) is 5.88 Å². The van der Waals surface area contributed by atoms with Crippen LogP contribution in [0.1, 0.15) is 19.4 Å². The lowest BCUT2D eigenvalue weighted by atomic mass is 10.2. The zero-order valence-electron chi connectivity index (χ0n) is 11.1. The minimum absolute atomic E-state index is 0.0945. The van der Waals surface area contributed by atoms with Gasteiger partial charge in [-0.1, -0.05) is 6.07 Å². The average molecular weight is 258 g/mol. The van der Waals surface area contributed by atoms with Crippen LogP contribution < -0.4 is 15.8 Å². The number of nitrogens with two attached hydrogens (primary N) is 1.